The number of halogens is 3. The maximum Gasteiger partial charge on any atom is 0.416 e. The molecule has 0 aromatic heterocycles. The van der Waals surface area contributed by atoms with Crippen molar-refractivity contribution in [1.29, 1.82) is 5.26 Å². The van der Waals surface area contributed by atoms with E-state index in [0.717, 1.165) is 81.9 Å². The highest BCUT2D eigenvalue weighted by molar-refractivity contribution is 5.72. The van der Waals surface area contributed by atoms with Crippen LogP contribution in [0.3, 0.4) is 0 Å². The zero-order valence-corrected chi connectivity index (χ0v) is 17.7. The van der Waals surface area contributed by atoms with Gasteiger partial charge in [0.15, 0.2) is 0 Å². The van der Waals surface area contributed by atoms with E-state index in [0.29, 0.717) is 5.92 Å². The maximum absolute atomic E-state index is 12.7. The molecule has 0 bridgehead atoms. The number of ether oxygens (including phenoxy) is 1. The van der Waals surface area contributed by atoms with E-state index >= 15 is 0 Å². The van der Waals surface area contributed by atoms with Crippen LogP contribution in [-0.2, 0) is 15.7 Å². The number of alkyl halides is 3. The summed E-state index contributed by atoms with van der Waals surface area (Å²) in [6, 6.07) is 7.46. The minimum atomic E-state index is -4.31. The normalized spacial score (nSPS) is 27.0. The number of benzene rings is 1. The van der Waals surface area contributed by atoms with Gasteiger partial charge in [0.25, 0.3) is 0 Å². The molecule has 2 aliphatic carbocycles. The topological polar surface area (TPSA) is 50.1 Å². The van der Waals surface area contributed by atoms with Crippen LogP contribution in [0.1, 0.15) is 81.3 Å². The molecule has 0 saturated heterocycles. The van der Waals surface area contributed by atoms with Gasteiger partial charge in [0.2, 0.25) is 0 Å². The highest BCUT2D eigenvalue weighted by Crippen LogP contribution is 2.37. The van der Waals surface area contributed by atoms with Crippen LogP contribution >= 0.6 is 0 Å². The van der Waals surface area contributed by atoms with Gasteiger partial charge in [-0.1, -0.05) is 18.2 Å². The van der Waals surface area contributed by atoms with Gasteiger partial charge in [0.05, 0.1) is 17.6 Å². The fourth-order valence-electron chi connectivity index (χ4n) is 4.87. The van der Waals surface area contributed by atoms with Crippen molar-refractivity contribution < 1.29 is 22.7 Å². The smallest absolute Gasteiger partial charge is 0.416 e. The Labute approximate surface area is 182 Å². The molecular weight excluding hydrogens is 403 g/mol. The first-order valence-electron chi connectivity index (χ1n) is 11.3. The summed E-state index contributed by atoms with van der Waals surface area (Å²) < 4.78 is 44.0. The lowest BCUT2D eigenvalue weighted by molar-refractivity contribution is -0.157. The molecule has 3 nitrogen and oxygen atoms in total. The van der Waals surface area contributed by atoms with Gasteiger partial charge in [-0.15, -0.1) is 0 Å². The Morgan fingerprint density at radius 2 is 1.68 bits per heavy atom. The second-order valence-electron chi connectivity index (χ2n) is 8.86. The number of esters is 1. The molecule has 0 spiro atoms. The molecule has 0 radical (unpaired) electrons. The van der Waals surface area contributed by atoms with E-state index in [2.05, 4.69) is 0 Å². The molecule has 1 aromatic rings. The average Bonchev–Trinajstić information content (AvgIpc) is 2.77. The lowest BCUT2D eigenvalue weighted by Gasteiger charge is -2.31. The first kappa shape index (κ1) is 23.4. The van der Waals surface area contributed by atoms with E-state index < -0.39 is 11.7 Å². The number of allylic oxidation sites excluding steroid dienone is 2. The van der Waals surface area contributed by atoms with Crippen LogP contribution in [0.25, 0.3) is 0 Å². The first-order valence-corrected chi connectivity index (χ1v) is 11.3. The molecular formula is C25H30F3NO2. The second kappa shape index (κ2) is 10.8. The predicted molar refractivity (Wildman–Crippen MR) is 112 cm³/mol. The minimum absolute atomic E-state index is 0.0152. The third-order valence-electron chi connectivity index (χ3n) is 6.78. The zero-order chi connectivity index (χ0) is 22.3. The molecule has 0 unspecified atom stereocenters. The van der Waals surface area contributed by atoms with Gasteiger partial charge in [-0.3, -0.25) is 4.79 Å². The lowest BCUT2D eigenvalue weighted by atomic mass is 9.79. The van der Waals surface area contributed by atoms with E-state index in [-0.39, 0.29) is 23.9 Å². The van der Waals surface area contributed by atoms with Crippen LogP contribution in [0.5, 0.6) is 0 Å². The number of hydrogen-bond donors (Lipinski definition) is 0. The van der Waals surface area contributed by atoms with Crippen molar-refractivity contribution in [1.82, 2.24) is 0 Å². The molecule has 1 aromatic carbocycles. The Bertz CT molecular complexity index is 778. The average molecular weight is 434 g/mol. The Morgan fingerprint density at radius 3 is 2.26 bits per heavy atom. The van der Waals surface area contributed by atoms with Crippen LogP contribution in [-0.4, -0.2) is 12.1 Å². The third kappa shape index (κ3) is 6.85. The molecule has 0 aliphatic heterocycles. The van der Waals surface area contributed by atoms with Crippen molar-refractivity contribution in [2.24, 2.45) is 11.8 Å². The predicted octanol–water partition coefficient (Wildman–Crippen LogP) is 6.94. The SMILES string of the molecule is N#CC=CCC[C@H]1CC[C@H](C(=O)O[C@H]2CC[C@H](c3ccc(C(F)(F)F)cc3)CC2)CC1. The van der Waals surface area contributed by atoms with Gasteiger partial charge < -0.3 is 4.74 Å². The Kier molecular flexibility index (Phi) is 8.17. The number of nitrogens with zero attached hydrogens (tertiary/aromatic N) is 1. The van der Waals surface area contributed by atoms with Gasteiger partial charge in [-0.25, -0.2) is 0 Å². The molecule has 31 heavy (non-hydrogen) atoms. The fraction of sp³-hybridized carbons (Fsp3) is 0.600. The Balaban J connectivity index is 1.38. The zero-order valence-electron chi connectivity index (χ0n) is 17.7. The van der Waals surface area contributed by atoms with Crippen molar-refractivity contribution in [3.63, 3.8) is 0 Å². The first-order chi connectivity index (χ1) is 14.9. The highest BCUT2D eigenvalue weighted by Gasteiger charge is 2.32. The quantitative estimate of drug-likeness (QED) is 0.361. The number of nitriles is 1. The van der Waals surface area contributed by atoms with E-state index in [1.807, 2.05) is 12.1 Å². The molecule has 168 valence electrons. The largest absolute Gasteiger partial charge is 0.462 e. The molecule has 3 rings (SSSR count). The molecule has 2 aliphatic rings. The summed E-state index contributed by atoms with van der Waals surface area (Å²) in [4.78, 5) is 12.6. The third-order valence-corrected chi connectivity index (χ3v) is 6.78. The van der Waals surface area contributed by atoms with Crippen molar-refractivity contribution >= 4 is 5.97 Å². The maximum atomic E-state index is 12.7. The van der Waals surface area contributed by atoms with Crippen molar-refractivity contribution in [2.45, 2.75) is 82.4 Å². The Hall–Kier alpha value is -2.29. The van der Waals surface area contributed by atoms with Crippen molar-refractivity contribution in [3.05, 3.63) is 47.5 Å². The Morgan fingerprint density at radius 1 is 1.03 bits per heavy atom. The summed E-state index contributed by atoms with van der Waals surface area (Å²) in [6.45, 7) is 0. The van der Waals surface area contributed by atoms with Gasteiger partial charge in [0.1, 0.15) is 6.10 Å². The standard InChI is InChI=1S/C25H30F3NO2/c26-25(27,28)22-13-9-19(10-14-22)20-11-15-23(16-12-20)31-24(30)21-7-5-18(6-8-21)4-2-1-3-17-29/h1,3,9-10,13-14,18,20-21,23H,2,4-8,11-12,15-16H2/t18-,20-,21-,23-. The number of hydrogen-bond acceptors (Lipinski definition) is 3. The molecule has 0 atom stereocenters. The van der Waals surface area contributed by atoms with E-state index in [1.54, 1.807) is 12.1 Å². The van der Waals surface area contributed by atoms with Gasteiger partial charge in [-0.05, 0) is 93.7 Å². The van der Waals surface area contributed by atoms with Crippen LogP contribution in [0.2, 0.25) is 0 Å². The van der Waals surface area contributed by atoms with E-state index in [4.69, 9.17) is 10.00 Å². The molecule has 0 N–H and O–H groups in total. The molecule has 2 fully saturated rings. The summed E-state index contributed by atoms with van der Waals surface area (Å²) in [7, 11) is 0. The number of carbonyl (C=O) groups excluding carboxylic acids is 1. The van der Waals surface area contributed by atoms with Gasteiger partial charge >= 0.3 is 12.1 Å². The molecule has 2 saturated carbocycles. The summed E-state index contributed by atoms with van der Waals surface area (Å²) >= 11 is 0. The summed E-state index contributed by atoms with van der Waals surface area (Å²) in [6.07, 6.45) is 7.99. The van der Waals surface area contributed by atoms with Crippen LogP contribution in [0.4, 0.5) is 13.2 Å². The lowest BCUT2D eigenvalue weighted by Crippen LogP contribution is -2.29. The van der Waals surface area contributed by atoms with Gasteiger partial charge in [-0.2, -0.15) is 18.4 Å². The van der Waals surface area contributed by atoms with E-state index in [1.165, 1.54) is 6.08 Å². The minimum Gasteiger partial charge on any atom is -0.462 e. The van der Waals surface area contributed by atoms with Crippen molar-refractivity contribution in [3.8, 4) is 6.07 Å². The number of carbonyl (C=O) groups is 1. The molecule has 6 heteroatoms. The molecule has 0 amide bonds. The van der Waals surface area contributed by atoms with E-state index in [9.17, 15) is 18.0 Å². The van der Waals surface area contributed by atoms with Crippen LogP contribution in [0.15, 0.2) is 36.4 Å². The van der Waals surface area contributed by atoms with Crippen LogP contribution < -0.4 is 0 Å². The molecule has 0 heterocycles. The summed E-state index contributed by atoms with van der Waals surface area (Å²) in [5, 5.41) is 8.52. The summed E-state index contributed by atoms with van der Waals surface area (Å²) in [5.41, 5.74) is 0.313. The van der Waals surface area contributed by atoms with Crippen LogP contribution in [0, 0.1) is 23.2 Å². The monoisotopic (exact) mass is 433 g/mol. The second-order valence-corrected chi connectivity index (χ2v) is 8.86. The highest BCUT2D eigenvalue weighted by atomic mass is 19.4. The number of rotatable bonds is 6. The fourth-order valence-corrected chi connectivity index (χ4v) is 4.87. The van der Waals surface area contributed by atoms with Gasteiger partial charge in [0, 0.05) is 6.08 Å². The summed E-state index contributed by atoms with van der Waals surface area (Å²) in [5.74, 6) is 0.744. The van der Waals surface area contributed by atoms with Crippen molar-refractivity contribution in [2.75, 3.05) is 0 Å².